The summed E-state index contributed by atoms with van der Waals surface area (Å²) in [6, 6.07) is 7.87. The predicted octanol–water partition coefficient (Wildman–Crippen LogP) is 2.32. The lowest BCUT2D eigenvalue weighted by Crippen LogP contribution is -2.10. The molecular weight excluding hydrogens is 270 g/mol. The lowest BCUT2D eigenvalue weighted by Gasteiger charge is -2.08. The van der Waals surface area contributed by atoms with Gasteiger partial charge in [0, 0.05) is 13.0 Å². The van der Waals surface area contributed by atoms with Gasteiger partial charge >= 0.3 is 5.97 Å². The molecule has 1 N–H and O–H groups in total. The van der Waals surface area contributed by atoms with E-state index in [1.807, 2.05) is 38.1 Å². The molecule has 0 bridgehead atoms. The first-order valence-electron chi connectivity index (χ1n) is 6.97. The number of benzene rings is 1. The van der Waals surface area contributed by atoms with Crippen molar-refractivity contribution in [3.63, 3.8) is 0 Å². The number of carboxylic acid groups (broad SMARTS) is 1. The van der Waals surface area contributed by atoms with E-state index in [1.54, 1.807) is 4.68 Å². The molecule has 0 spiro atoms. The summed E-state index contributed by atoms with van der Waals surface area (Å²) in [5.41, 5.74) is 1.88. The molecule has 1 heterocycles. The highest BCUT2D eigenvalue weighted by atomic mass is 16.5. The van der Waals surface area contributed by atoms with Crippen LogP contribution in [0.1, 0.15) is 35.1 Å². The van der Waals surface area contributed by atoms with Crippen LogP contribution in [0.15, 0.2) is 24.3 Å². The molecule has 0 aliphatic heterocycles. The van der Waals surface area contributed by atoms with Crippen molar-refractivity contribution in [2.45, 2.75) is 33.2 Å². The molecule has 0 atom stereocenters. The number of carboxylic acids is 1. The summed E-state index contributed by atoms with van der Waals surface area (Å²) in [5, 5.41) is 16.6. The van der Waals surface area contributed by atoms with Crippen molar-refractivity contribution in [1.29, 1.82) is 0 Å². The number of nitrogens with zero attached hydrogens (tertiary/aromatic N) is 3. The van der Waals surface area contributed by atoms with E-state index in [-0.39, 0.29) is 5.69 Å². The summed E-state index contributed by atoms with van der Waals surface area (Å²) in [5.74, 6) is -0.199. The molecule has 2 rings (SSSR count). The summed E-state index contributed by atoms with van der Waals surface area (Å²) in [4.78, 5) is 11.0. The van der Waals surface area contributed by atoms with Gasteiger partial charge in [0.2, 0.25) is 0 Å². The number of ether oxygens (including phenoxy) is 1. The molecule has 0 aliphatic carbocycles. The quantitative estimate of drug-likeness (QED) is 0.791. The number of rotatable bonds is 7. The van der Waals surface area contributed by atoms with Crippen molar-refractivity contribution in [2.24, 2.45) is 0 Å². The highest BCUT2D eigenvalue weighted by Crippen LogP contribution is 2.12. The summed E-state index contributed by atoms with van der Waals surface area (Å²) in [6.45, 7) is 5.06. The van der Waals surface area contributed by atoms with Crippen molar-refractivity contribution in [3.8, 4) is 5.75 Å². The predicted molar refractivity (Wildman–Crippen MR) is 77.7 cm³/mol. The molecule has 0 aliphatic rings. The molecule has 0 unspecified atom stereocenters. The Morgan fingerprint density at radius 2 is 2.05 bits per heavy atom. The molecule has 112 valence electrons. The fraction of sp³-hybridized carbons (Fsp3) is 0.400. The van der Waals surface area contributed by atoms with Crippen LogP contribution in [-0.4, -0.2) is 32.7 Å². The van der Waals surface area contributed by atoms with Crippen LogP contribution in [0.5, 0.6) is 5.75 Å². The maximum absolute atomic E-state index is 11.0. The van der Waals surface area contributed by atoms with E-state index < -0.39 is 5.97 Å². The second kappa shape index (κ2) is 6.88. The molecule has 1 aromatic heterocycles. The Morgan fingerprint density at radius 1 is 1.33 bits per heavy atom. The van der Waals surface area contributed by atoms with Crippen molar-refractivity contribution in [3.05, 3.63) is 41.2 Å². The van der Waals surface area contributed by atoms with Crippen LogP contribution < -0.4 is 4.74 Å². The number of carbonyl (C=O) groups is 1. The Bertz CT molecular complexity index is 605. The summed E-state index contributed by atoms with van der Waals surface area (Å²) in [7, 11) is 0. The van der Waals surface area contributed by atoms with Gasteiger partial charge in [0.15, 0.2) is 5.69 Å². The van der Waals surface area contributed by atoms with Gasteiger partial charge in [-0.25, -0.2) is 9.48 Å². The highest BCUT2D eigenvalue weighted by Gasteiger charge is 2.16. The van der Waals surface area contributed by atoms with Gasteiger partial charge in [-0.1, -0.05) is 29.8 Å². The minimum atomic E-state index is -1.03. The van der Waals surface area contributed by atoms with Gasteiger partial charge in [-0.05, 0) is 25.5 Å². The lowest BCUT2D eigenvalue weighted by molar-refractivity contribution is 0.0689. The Balaban J connectivity index is 1.86. The molecule has 6 nitrogen and oxygen atoms in total. The van der Waals surface area contributed by atoms with E-state index in [1.165, 1.54) is 5.56 Å². The fourth-order valence-corrected chi connectivity index (χ4v) is 2.07. The third kappa shape index (κ3) is 3.81. The Morgan fingerprint density at radius 3 is 2.67 bits per heavy atom. The van der Waals surface area contributed by atoms with E-state index in [9.17, 15) is 4.79 Å². The van der Waals surface area contributed by atoms with Crippen LogP contribution in [0.4, 0.5) is 0 Å². The zero-order valence-electron chi connectivity index (χ0n) is 12.2. The van der Waals surface area contributed by atoms with Gasteiger partial charge in [-0.3, -0.25) is 0 Å². The number of aryl methyl sites for hydroxylation is 2. The van der Waals surface area contributed by atoms with E-state index >= 15 is 0 Å². The molecule has 0 saturated carbocycles. The van der Waals surface area contributed by atoms with Gasteiger partial charge in [0.05, 0.1) is 12.3 Å². The molecule has 6 heteroatoms. The van der Waals surface area contributed by atoms with Crippen molar-refractivity contribution < 1.29 is 14.6 Å². The van der Waals surface area contributed by atoms with Crippen LogP contribution in [-0.2, 0) is 13.0 Å². The molecule has 2 aromatic rings. The van der Waals surface area contributed by atoms with E-state index in [4.69, 9.17) is 9.84 Å². The first-order valence-corrected chi connectivity index (χ1v) is 6.97. The number of aromatic carboxylic acids is 1. The van der Waals surface area contributed by atoms with Gasteiger partial charge < -0.3 is 9.84 Å². The normalized spacial score (nSPS) is 10.6. The number of hydrogen-bond acceptors (Lipinski definition) is 4. The minimum Gasteiger partial charge on any atom is -0.494 e. The Labute approximate surface area is 123 Å². The molecule has 0 fully saturated rings. The minimum absolute atomic E-state index is 0.0388. The van der Waals surface area contributed by atoms with Crippen LogP contribution in [0.2, 0.25) is 0 Å². The van der Waals surface area contributed by atoms with Crippen molar-refractivity contribution in [1.82, 2.24) is 15.0 Å². The third-order valence-electron chi connectivity index (χ3n) is 3.18. The largest absolute Gasteiger partial charge is 0.494 e. The zero-order valence-corrected chi connectivity index (χ0v) is 12.2. The van der Waals surface area contributed by atoms with Gasteiger partial charge in [0.25, 0.3) is 0 Å². The Hall–Kier alpha value is -2.37. The summed E-state index contributed by atoms with van der Waals surface area (Å²) in [6.07, 6.45) is 1.33. The van der Waals surface area contributed by atoms with E-state index in [0.717, 1.165) is 12.2 Å². The first kappa shape index (κ1) is 15.0. The van der Waals surface area contributed by atoms with Crippen molar-refractivity contribution in [2.75, 3.05) is 6.61 Å². The molecule has 0 saturated heterocycles. The molecule has 1 aromatic carbocycles. The first-order chi connectivity index (χ1) is 10.1. The van der Waals surface area contributed by atoms with Crippen molar-refractivity contribution >= 4 is 5.97 Å². The number of hydrogen-bond donors (Lipinski definition) is 1. The zero-order chi connectivity index (χ0) is 15.2. The summed E-state index contributed by atoms with van der Waals surface area (Å²) < 4.78 is 7.27. The molecule has 0 amide bonds. The van der Waals surface area contributed by atoms with Gasteiger partial charge in [0.1, 0.15) is 5.75 Å². The lowest BCUT2D eigenvalue weighted by atomic mass is 10.2. The SMILES string of the molecule is CCc1c(C(=O)O)nnn1CCCOc1ccc(C)cc1. The van der Waals surface area contributed by atoms with Crippen LogP contribution in [0, 0.1) is 6.92 Å². The van der Waals surface area contributed by atoms with Crippen LogP contribution in [0.3, 0.4) is 0 Å². The van der Waals surface area contributed by atoms with Gasteiger partial charge in [-0.2, -0.15) is 0 Å². The molecular formula is C15H19N3O3. The fourth-order valence-electron chi connectivity index (χ4n) is 2.07. The average molecular weight is 289 g/mol. The molecule has 21 heavy (non-hydrogen) atoms. The second-order valence-electron chi connectivity index (χ2n) is 4.78. The van der Waals surface area contributed by atoms with E-state index in [0.29, 0.717) is 25.3 Å². The van der Waals surface area contributed by atoms with E-state index in [2.05, 4.69) is 10.3 Å². The van der Waals surface area contributed by atoms with Crippen LogP contribution in [0.25, 0.3) is 0 Å². The highest BCUT2D eigenvalue weighted by molar-refractivity contribution is 5.86. The second-order valence-corrected chi connectivity index (χ2v) is 4.78. The third-order valence-corrected chi connectivity index (χ3v) is 3.18. The Kier molecular flexibility index (Phi) is 4.92. The van der Waals surface area contributed by atoms with Gasteiger partial charge in [-0.15, -0.1) is 5.10 Å². The number of aromatic nitrogens is 3. The molecule has 0 radical (unpaired) electrons. The maximum Gasteiger partial charge on any atom is 0.358 e. The maximum atomic E-state index is 11.0. The standard InChI is InChI=1S/C15H19N3O3/c1-3-13-14(15(19)20)16-17-18(13)9-4-10-21-12-7-5-11(2)6-8-12/h5-8H,3-4,9-10H2,1-2H3,(H,19,20). The van der Waals surface area contributed by atoms with Crippen LogP contribution >= 0.6 is 0 Å². The summed E-state index contributed by atoms with van der Waals surface area (Å²) >= 11 is 0. The monoisotopic (exact) mass is 289 g/mol. The average Bonchev–Trinajstić information content (AvgIpc) is 2.88. The smallest absolute Gasteiger partial charge is 0.358 e. The topological polar surface area (TPSA) is 77.2 Å².